The Hall–Kier alpha value is -1.13. The van der Waals surface area contributed by atoms with Gasteiger partial charge in [0.15, 0.2) is 0 Å². The van der Waals surface area contributed by atoms with Gasteiger partial charge in [-0.25, -0.2) is 0 Å². The zero-order chi connectivity index (χ0) is 14.8. The third-order valence-electron chi connectivity index (χ3n) is 4.93. The molecule has 1 saturated carbocycles. The van der Waals surface area contributed by atoms with Crippen molar-refractivity contribution in [2.45, 2.75) is 45.4 Å². The molecule has 1 fully saturated rings. The Balaban J connectivity index is 1.84. The lowest BCUT2D eigenvalue weighted by Crippen LogP contribution is -2.12. The van der Waals surface area contributed by atoms with E-state index >= 15 is 0 Å². The van der Waals surface area contributed by atoms with Gasteiger partial charge in [0, 0.05) is 0 Å². The van der Waals surface area contributed by atoms with Crippen LogP contribution < -0.4 is 5.30 Å². The van der Waals surface area contributed by atoms with Crippen LogP contribution in [0.4, 0.5) is 0 Å². The second kappa shape index (κ2) is 6.32. The monoisotopic (exact) mass is 296 g/mol. The first-order chi connectivity index (χ1) is 10.1. The van der Waals surface area contributed by atoms with Gasteiger partial charge in [0.05, 0.1) is 0 Å². The highest BCUT2D eigenvalue weighted by atomic mass is 31.0. The maximum absolute atomic E-state index is 2.93. The first-order valence-electron chi connectivity index (χ1n) is 8.10. The van der Waals surface area contributed by atoms with Crippen molar-refractivity contribution in [3.63, 3.8) is 0 Å². The summed E-state index contributed by atoms with van der Waals surface area (Å²) >= 11 is 0. The zero-order valence-electron chi connectivity index (χ0n) is 13.1. The van der Waals surface area contributed by atoms with Crippen molar-refractivity contribution in [3.8, 4) is 11.1 Å². The van der Waals surface area contributed by atoms with Crippen molar-refractivity contribution < 1.29 is 0 Å². The van der Waals surface area contributed by atoms with Gasteiger partial charge in [0.1, 0.15) is 0 Å². The number of rotatable bonds is 2. The molecule has 0 N–H and O–H groups in total. The van der Waals surface area contributed by atoms with Crippen LogP contribution in [0.1, 0.15) is 49.7 Å². The molecule has 0 heterocycles. The summed E-state index contributed by atoms with van der Waals surface area (Å²) in [5.41, 5.74) is 5.50. The quantitative estimate of drug-likeness (QED) is 0.646. The number of aryl methyl sites for hydroxylation is 1. The molecule has 110 valence electrons. The lowest BCUT2D eigenvalue weighted by molar-refractivity contribution is 0.348. The van der Waals surface area contributed by atoms with Gasteiger partial charge in [-0.3, -0.25) is 0 Å². The number of benzene rings is 2. The fraction of sp³-hybridized carbons (Fsp3) is 0.400. The molecule has 0 radical (unpaired) electrons. The summed E-state index contributed by atoms with van der Waals surface area (Å²) < 4.78 is 0. The number of hydrogen-bond donors (Lipinski definition) is 0. The molecular weight excluding hydrogens is 271 g/mol. The third kappa shape index (κ3) is 3.38. The second-order valence-electron chi connectivity index (χ2n) is 6.67. The van der Waals surface area contributed by atoms with Crippen LogP contribution in [0.2, 0.25) is 0 Å². The molecule has 1 atom stereocenters. The second-order valence-corrected chi connectivity index (χ2v) is 7.29. The van der Waals surface area contributed by atoms with E-state index in [0.29, 0.717) is 0 Å². The standard InChI is InChI=1S/C20H25P/c1-14-3-7-16(8-4-14)18-11-12-19(20(21)13-18)17-9-5-15(2)6-10-17/h5-6,9-14,16H,3-4,7-8,21H2,1-2H3. The summed E-state index contributed by atoms with van der Waals surface area (Å²) in [6.45, 7) is 4.52. The van der Waals surface area contributed by atoms with Crippen LogP contribution in [0, 0.1) is 12.8 Å². The Labute approximate surface area is 131 Å². The molecule has 2 aromatic carbocycles. The van der Waals surface area contributed by atoms with Crippen molar-refractivity contribution in [2.75, 3.05) is 0 Å². The van der Waals surface area contributed by atoms with E-state index in [1.165, 1.54) is 53.2 Å². The summed E-state index contributed by atoms with van der Waals surface area (Å²) in [5, 5.41) is 1.33. The van der Waals surface area contributed by atoms with E-state index in [9.17, 15) is 0 Å². The summed E-state index contributed by atoms with van der Waals surface area (Å²) in [4.78, 5) is 0. The molecule has 0 aromatic heterocycles. The van der Waals surface area contributed by atoms with E-state index in [2.05, 4.69) is 65.6 Å². The lowest BCUT2D eigenvalue weighted by atomic mass is 9.79. The van der Waals surface area contributed by atoms with Gasteiger partial charge in [0.25, 0.3) is 0 Å². The normalized spacial score (nSPS) is 22.2. The van der Waals surface area contributed by atoms with Gasteiger partial charge in [0.2, 0.25) is 0 Å². The first-order valence-corrected chi connectivity index (χ1v) is 8.67. The fourth-order valence-electron chi connectivity index (χ4n) is 3.42. The molecule has 0 amide bonds. The van der Waals surface area contributed by atoms with Gasteiger partial charge < -0.3 is 0 Å². The third-order valence-corrected chi connectivity index (χ3v) is 5.40. The van der Waals surface area contributed by atoms with E-state index in [-0.39, 0.29) is 0 Å². The Morgan fingerprint density at radius 2 is 1.57 bits per heavy atom. The van der Waals surface area contributed by atoms with Gasteiger partial charge in [-0.2, -0.15) is 0 Å². The molecule has 0 nitrogen and oxygen atoms in total. The predicted octanol–water partition coefficient (Wildman–Crippen LogP) is 5.46. The van der Waals surface area contributed by atoms with Gasteiger partial charge >= 0.3 is 0 Å². The largest absolute Gasteiger partial charge is 0.105 e. The molecule has 0 saturated heterocycles. The average molecular weight is 296 g/mol. The molecule has 3 rings (SSSR count). The maximum Gasteiger partial charge on any atom is -0.0112 e. The van der Waals surface area contributed by atoms with E-state index < -0.39 is 0 Å². The Bertz CT molecular complexity index is 604. The van der Waals surface area contributed by atoms with Crippen molar-refractivity contribution in [1.82, 2.24) is 0 Å². The van der Waals surface area contributed by atoms with Gasteiger partial charge in [-0.05, 0) is 53.6 Å². The minimum Gasteiger partial charge on any atom is -0.105 e. The van der Waals surface area contributed by atoms with Crippen molar-refractivity contribution >= 4 is 14.5 Å². The van der Waals surface area contributed by atoms with Gasteiger partial charge in [-0.15, -0.1) is 9.24 Å². The van der Waals surface area contributed by atoms with E-state index in [0.717, 1.165) is 11.8 Å². The summed E-state index contributed by atoms with van der Waals surface area (Å²) in [6.07, 6.45) is 5.48. The average Bonchev–Trinajstić information content (AvgIpc) is 2.49. The van der Waals surface area contributed by atoms with E-state index in [1.807, 2.05) is 0 Å². The molecule has 21 heavy (non-hydrogen) atoms. The van der Waals surface area contributed by atoms with Crippen LogP contribution >= 0.6 is 9.24 Å². The smallest absolute Gasteiger partial charge is 0.0112 e. The lowest BCUT2D eigenvalue weighted by Gasteiger charge is -2.27. The molecule has 1 unspecified atom stereocenters. The molecule has 0 bridgehead atoms. The minimum atomic E-state index is 0.771. The highest BCUT2D eigenvalue weighted by molar-refractivity contribution is 7.28. The van der Waals surface area contributed by atoms with Crippen molar-refractivity contribution in [2.24, 2.45) is 5.92 Å². The molecule has 0 aliphatic heterocycles. The summed E-state index contributed by atoms with van der Waals surface area (Å²) in [5.74, 6) is 1.69. The molecule has 1 heteroatoms. The van der Waals surface area contributed by atoms with Crippen molar-refractivity contribution in [1.29, 1.82) is 0 Å². The van der Waals surface area contributed by atoms with Crippen molar-refractivity contribution in [3.05, 3.63) is 53.6 Å². The SMILES string of the molecule is Cc1ccc(-c2ccc(C3CCC(C)CC3)cc2P)cc1. The van der Waals surface area contributed by atoms with Gasteiger partial charge in [-0.1, -0.05) is 67.8 Å². The van der Waals surface area contributed by atoms with Crippen LogP contribution in [-0.2, 0) is 0 Å². The molecule has 1 aliphatic rings. The summed E-state index contributed by atoms with van der Waals surface area (Å²) in [7, 11) is 2.93. The molecule has 2 aromatic rings. The molecule has 1 aliphatic carbocycles. The molecule has 0 spiro atoms. The van der Waals surface area contributed by atoms with E-state index in [1.54, 1.807) is 0 Å². The topological polar surface area (TPSA) is 0 Å². The highest BCUT2D eigenvalue weighted by Gasteiger charge is 2.20. The predicted molar refractivity (Wildman–Crippen MR) is 96.3 cm³/mol. The molecular formula is C20H25P. The van der Waals surface area contributed by atoms with Crippen LogP contribution in [0.5, 0.6) is 0 Å². The maximum atomic E-state index is 2.93. The Morgan fingerprint density at radius 1 is 0.905 bits per heavy atom. The van der Waals surface area contributed by atoms with Crippen LogP contribution in [0.25, 0.3) is 11.1 Å². The van der Waals surface area contributed by atoms with Crippen LogP contribution in [0.15, 0.2) is 42.5 Å². The minimum absolute atomic E-state index is 0.771. The first kappa shape index (κ1) is 14.8. The fourth-order valence-corrected chi connectivity index (χ4v) is 3.88. The highest BCUT2D eigenvalue weighted by Crippen LogP contribution is 2.36. The number of hydrogen-bond acceptors (Lipinski definition) is 0. The Kier molecular flexibility index (Phi) is 4.45. The van der Waals surface area contributed by atoms with Crippen LogP contribution in [-0.4, -0.2) is 0 Å². The van der Waals surface area contributed by atoms with Crippen LogP contribution in [0.3, 0.4) is 0 Å². The zero-order valence-corrected chi connectivity index (χ0v) is 14.3. The Morgan fingerprint density at radius 3 is 2.19 bits per heavy atom. The van der Waals surface area contributed by atoms with E-state index in [4.69, 9.17) is 0 Å². The summed E-state index contributed by atoms with van der Waals surface area (Å²) in [6, 6.07) is 15.9.